The van der Waals surface area contributed by atoms with Crippen LogP contribution in [0.3, 0.4) is 0 Å². The quantitative estimate of drug-likeness (QED) is 0.655. The molecule has 106 valence electrons. The van der Waals surface area contributed by atoms with Gasteiger partial charge in [0.25, 0.3) is 11.9 Å². The van der Waals surface area contributed by atoms with Crippen LogP contribution in [0.5, 0.6) is 0 Å². The zero-order valence-electron chi connectivity index (χ0n) is 10.8. The molecule has 1 fully saturated rings. The number of aromatic nitrogens is 1. The third kappa shape index (κ3) is 2.67. The van der Waals surface area contributed by atoms with Crippen LogP contribution in [0.2, 0.25) is 0 Å². The molecule has 6 heteroatoms. The highest BCUT2D eigenvalue weighted by Gasteiger charge is 2.30. The van der Waals surface area contributed by atoms with Crippen LogP contribution in [0, 0.1) is 35.4 Å². The maximum Gasteiger partial charge on any atom is 0.253 e. The first kappa shape index (κ1) is 14.1. The predicted molar refractivity (Wildman–Crippen MR) is 63.7 cm³/mol. The fourth-order valence-corrected chi connectivity index (χ4v) is 2.58. The van der Waals surface area contributed by atoms with Gasteiger partial charge < -0.3 is 5.32 Å². The van der Waals surface area contributed by atoms with E-state index in [4.69, 9.17) is 0 Å². The molecule has 1 N–H and O–H groups in total. The van der Waals surface area contributed by atoms with Gasteiger partial charge in [-0.2, -0.15) is 22.5 Å². The molecule has 0 bridgehead atoms. The lowest BCUT2D eigenvalue weighted by molar-refractivity contribution is 0.251. The van der Waals surface area contributed by atoms with Gasteiger partial charge in [0.2, 0.25) is 11.6 Å². The zero-order valence-corrected chi connectivity index (χ0v) is 10.8. The topological polar surface area (TPSA) is 24.9 Å². The van der Waals surface area contributed by atoms with Gasteiger partial charge in [0.05, 0.1) is 0 Å². The molecular formula is C13H16F4N2. The van der Waals surface area contributed by atoms with Crippen molar-refractivity contribution >= 4 is 5.69 Å². The maximum absolute atomic E-state index is 13.5. The van der Waals surface area contributed by atoms with Crippen molar-refractivity contribution in [2.75, 3.05) is 5.32 Å². The Labute approximate surface area is 109 Å². The van der Waals surface area contributed by atoms with Crippen LogP contribution in [0.15, 0.2) is 0 Å². The van der Waals surface area contributed by atoms with E-state index in [0.717, 1.165) is 19.3 Å². The van der Waals surface area contributed by atoms with Gasteiger partial charge in [0, 0.05) is 6.04 Å². The zero-order chi connectivity index (χ0) is 14.2. The summed E-state index contributed by atoms with van der Waals surface area (Å²) in [5.74, 6) is -5.62. The first-order chi connectivity index (χ1) is 8.91. The average Bonchev–Trinajstić information content (AvgIpc) is 2.37. The van der Waals surface area contributed by atoms with E-state index >= 15 is 0 Å². The average molecular weight is 276 g/mol. The Morgan fingerprint density at radius 1 is 1.00 bits per heavy atom. The summed E-state index contributed by atoms with van der Waals surface area (Å²) in [5, 5.41) is 2.61. The standard InChI is InChI=1S/C13H16F4N2/c1-6-4-3-5-8(7(6)2)18-11-9(14)12(16)19-13(17)10(11)15/h6-8H,3-5H2,1-2H3,(H,18,19). The van der Waals surface area contributed by atoms with Crippen molar-refractivity contribution in [2.45, 2.75) is 39.2 Å². The molecule has 1 aliphatic carbocycles. The van der Waals surface area contributed by atoms with E-state index < -0.39 is 29.2 Å². The van der Waals surface area contributed by atoms with Crippen molar-refractivity contribution in [3.05, 3.63) is 23.5 Å². The Morgan fingerprint density at radius 2 is 1.58 bits per heavy atom. The van der Waals surface area contributed by atoms with Crippen LogP contribution in [0.1, 0.15) is 33.1 Å². The summed E-state index contributed by atoms with van der Waals surface area (Å²) in [4.78, 5) is 2.54. The van der Waals surface area contributed by atoms with Crippen molar-refractivity contribution in [1.82, 2.24) is 4.98 Å². The van der Waals surface area contributed by atoms with Crippen molar-refractivity contribution in [3.63, 3.8) is 0 Å². The van der Waals surface area contributed by atoms with Gasteiger partial charge in [-0.1, -0.05) is 26.7 Å². The van der Waals surface area contributed by atoms with Crippen molar-refractivity contribution < 1.29 is 17.6 Å². The van der Waals surface area contributed by atoms with Gasteiger partial charge in [0.15, 0.2) is 0 Å². The molecule has 1 aromatic heterocycles. The number of nitrogens with zero attached hydrogens (tertiary/aromatic N) is 1. The number of nitrogens with one attached hydrogen (secondary N) is 1. The van der Waals surface area contributed by atoms with E-state index in [1.54, 1.807) is 0 Å². The summed E-state index contributed by atoms with van der Waals surface area (Å²) in [7, 11) is 0. The van der Waals surface area contributed by atoms with Crippen LogP contribution in [0.4, 0.5) is 23.2 Å². The summed E-state index contributed by atoms with van der Waals surface area (Å²) in [5.41, 5.74) is -0.754. The Balaban J connectivity index is 2.28. The minimum absolute atomic E-state index is 0.173. The molecular weight excluding hydrogens is 260 g/mol. The van der Waals surface area contributed by atoms with Gasteiger partial charge in [0.1, 0.15) is 5.69 Å². The van der Waals surface area contributed by atoms with Crippen molar-refractivity contribution in [2.24, 2.45) is 11.8 Å². The normalized spacial score (nSPS) is 27.4. The number of anilines is 1. The Bertz CT molecular complexity index is 452. The third-order valence-corrected chi connectivity index (χ3v) is 4.03. The molecule has 0 aliphatic heterocycles. The Kier molecular flexibility index (Phi) is 3.96. The van der Waals surface area contributed by atoms with E-state index in [-0.39, 0.29) is 12.0 Å². The number of pyridine rings is 1. The van der Waals surface area contributed by atoms with Crippen molar-refractivity contribution in [1.29, 1.82) is 0 Å². The first-order valence-electron chi connectivity index (χ1n) is 6.38. The lowest BCUT2D eigenvalue weighted by Gasteiger charge is -2.35. The van der Waals surface area contributed by atoms with Crippen LogP contribution < -0.4 is 5.32 Å². The molecule has 3 unspecified atom stereocenters. The molecule has 2 nitrogen and oxygen atoms in total. The Hall–Kier alpha value is -1.33. The number of hydrogen-bond acceptors (Lipinski definition) is 2. The van der Waals surface area contributed by atoms with E-state index in [1.165, 1.54) is 0 Å². The van der Waals surface area contributed by atoms with Gasteiger partial charge >= 0.3 is 0 Å². The molecule has 0 aromatic carbocycles. The van der Waals surface area contributed by atoms with Crippen LogP contribution in [-0.2, 0) is 0 Å². The summed E-state index contributed by atoms with van der Waals surface area (Å²) in [6.07, 6.45) is 2.68. The summed E-state index contributed by atoms with van der Waals surface area (Å²) in [6.45, 7) is 4.02. The number of hydrogen-bond donors (Lipinski definition) is 1. The van der Waals surface area contributed by atoms with E-state index in [9.17, 15) is 17.6 Å². The molecule has 0 spiro atoms. The van der Waals surface area contributed by atoms with Crippen molar-refractivity contribution in [3.8, 4) is 0 Å². The molecule has 0 amide bonds. The first-order valence-corrected chi connectivity index (χ1v) is 6.38. The molecule has 1 aliphatic rings. The fourth-order valence-electron chi connectivity index (χ4n) is 2.58. The lowest BCUT2D eigenvalue weighted by atomic mass is 9.78. The fraction of sp³-hybridized carbons (Fsp3) is 0.615. The molecule has 3 atom stereocenters. The SMILES string of the molecule is CC1CCCC(Nc2c(F)c(F)nc(F)c2F)C1C. The number of halogens is 4. The molecule has 19 heavy (non-hydrogen) atoms. The highest BCUT2D eigenvalue weighted by Crippen LogP contribution is 2.33. The molecule has 1 aromatic rings. The minimum Gasteiger partial charge on any atom is -0.377 e. The van der Waals surface area contributed by atoms with E-state index in [0.29, 0.717) is 5.92 Å². The highest BCUT2D eigenvalue weighted by atomic mass is 19.2. The third-order valence-electron chi connectivity index (χ3n) is 4.03. The summed E-state index contributed by atoms with van der Waals surface area (Å²) < 4.78 is 53.1. The molecule has 0 radical (unpaired) electrons. The van der Waals surface area contributed by atoms with Gasteiger partial charge in [-0.3, -0.25) is 0 Å². The maximum atomic E-state index is 13.5. The Morgan fingerprint density at radius 3 is 2.16 bits per heavy atom. The van der Waals surface area contributed by atoms with Crippen LogP contribution in [-0.4, -0.2) is 11.0 Å². The second-order valence-electron chi connectivity index (χ2n) is 5.21. The lowest BCUT2D eigenvalue weighted by Crippen LogP contribution is -2.35. The molecule has 2 rings (SSSR count). The molecule has 0 saturated heterocycles. The smallest absolute Gasteiger partial charge is 0.253 e. The molecule has 1 heterocycles. The minimum atomic E-state index is -1.63. The molecule has 1 saturated carbocycles. The second-order valence-corrected chi connectivity index (χ2v) is 5.21. The van der Waals surface area contributed by atoms with Crippen LogP contribution >= 0.6 is 0 Å². The predicted octanol–water partition coefficient (Wildman–Crippen LogP) is 3.87. The summed E-state index contributed by atoms with van der Waals surface area (Å²) >= 11 is 0. The van der Waals surface area contributed by atoms with E-state index in [2.05, 4.69) is 17.2 Å². The summed E-state index contributed by atoms with van der Waals surface area (Å²) in [6, 6.07) is -0.200. The monoisotopic (exact) mass is 276 g/mol. The largest absolute Gasteiger partial charge is 0.377 e. The second kappa shape index (κ2) is 5.35. The number of rotatable bonds is 2. The van der Waals surface area contributed by atoms with Gasteiger partial charge in [-0.05, 0) is 18.3 Å². The van der Waals surface area contributed by atoms with E-state index in [1.807, 2.05) is 6.92 Å². The van der Waals surface area contributed by atoms with Crippen LogP contribution in [0.25, 0.3) is 0 Å². The van der Waals surface area contributed by atoms with Gasteiger partial charge in [-0.15, -0.1) is 0 Å². The highest BCUT2D eigenvalue weighted by molar-refractivity contribution is 5.46. The van der Waals surface area contributed by atoms with Gasteiger partial charge in [-0.25, -0.2) is 0 Å².